The number of aromatic nitrogens is 2. The molecule has 0 unspecified atom stereocenters. The average Bonchev–Trinajstić information content (AvgIpc) is 2.93. The Morgan fingerprint density at radius 2 is 1.91 bits per heavy atom. The molecule has 2 heterocycles. The van der Waals surface area contributed by atoms with Crippen molar-refractivity contribution in [2.24, 2.45) is 4.99 Å². The maximum atomic E-state index is 11.0. The van der Waals surface area contributed by atoms with Crippen molar-refractivity contribution in [1.82, 2.24) is 9.78 Å². The summed E-state index contributed by atoms with van der Waals surface area (Å²) in [6.07, 6.45) is 0.749. The molecule has 1 aliphatic rings. The van der Waals surface area contributed by atoms with Crippen molar-refractivity contribution in [2.45, 2.75) is 6.54 Å². The van der Waals surface area contributed by atoms with E-state index in [4.69, 9.17) is 16.6 Å². The van der Waals surface area contributed by atoms with E-state index in [2.05, 4.69) is 5.10 Å². The average molecular weight is 322 g/mol. The molecule has 0 saturated carbocycles. The van der Waals surface area contributed by atoms with Gasteiger partial charge in [0.15, 0.2) is 6.29 Å². The first-order valence-corrected chi connectivity index (χ1v) is 7.58. The lowest BCUT2D eigenvalue weighted by Gasteiger charge is -2.11. The van der Waals surface area contributed by atoms with Crippen LogP contribution >= 0.6 is 11.6 Å². The Bertz CT molecular complexity index is 929. The highest BCUT2D eigenvalue weighted by Gasteiger charge is 2.20. The molecule has 2 aromatic carbocycles. The number of aldehydes is 1. The van der Waals surface area contributed by atoms with E-state index in [-0.39, 0.29) is 0 Å². The quantitative estimate of drug-likeness (QED) is 0.676. The van der Waals surface area contributed by atoms with Gasteiger partial charge in [0.2, 0.25) is 0 Å². The zero-order valence-electron chi connectivity index (χ0n) is 12.1. The minimum Gasteiger partial charge on any atom is -0.296 e. The number of fused-ring (bicyclic) bond motifs is 3. The number of hydrogen-bond acceptors (Lipinski definition) is 3. The molecular weight excluding hydrogens is 310 g/mol. The molecule has 4 nitrogen and oxygen atoms in total. The van der Waals surface area contributed by atoms with Crippen molar-refractivity contribution < 1.29 is 4.79 Å². The van der Waals surface area contributed by atoms with Crippen LogP contribution in [0.1, 0.15) is 27.3 Å². The van der Waals surface area contributed by atoms with Crippen molar-refractivity contribution in [1.29, 1.82) is 0 Å². The van der Waals surface area contributed by atoms with Gasteiger partial charge in [-0.1, -0.05) is 41.9 Å². The predicted octanol–water partition coefficient (Wildman–Crippen LogP) is 3.69. The second-order valence-electron chi connectivity index (χ2n) is 5.28. The fraction of sp³-hybridized carbons (Fsp3) is 0.0556. The Kier molecular flexibility index (Phi) is 3.32. The Balaban J connectivity index is 1.98. The van der Waals surface area contributed by atoms with Crippen LogP contribution in [0.3, 0.4) is 0 Å². The smallest absolute Gasteiger partial charge is 0.170 e. The van der Waals surface area contributed by atoms with E-state index in [0.717, 1.165) is 34.5 Å². The molecule has 0 saturated heterocycles. The summed E-state index contributed by atoms with van der Waals surface area (Å²) in [5.41, 5.74) is 4.96. The summed E-state index contributed by atoms with van der Waals surface area (Å²) < 4.78 is 1.77. The molecule has 0 radical (unpaired) electrons. The van der Waals surface area contributed by atoms with Crippen LogP contribution in [0.15, 0.2) is 59.6 Å². The lowest BCUT2D eigenvalue weighted by atomic mass is 10.0. The van der Waals surface area contributed by atoms with Gasteiger partial charge in [0.1, 0.15) is 5.69 Å². The van der Waals surface area contributed by atoms with Crippen molar-refractivity contribution in [3.05, 3.63) is 82.1 Å². The number of nitrogens with zero attached hydrogens (tertiary/aromatic N) is 3. The van der Waals surface area contributed by atoms with Crippen LogP contribution in [0.4, 0.5) is 0 Å². The number of rotatable bonds is 2. The highest BCUT2D eigenvalue weighted by Crippen LogP contribution is 2.27. The summed E-state index contributed by atoms with van der Waals surface area (Å²) in [5.74, 6) is 0. The van der Waals surface area contributed by atoms with E-state index in [9.17, 15) is 4.79 Å². The lowest BCUT2D eigenvalue weighted by molar-refractivity contribution is 0.111. The summed E-state index contributed by atoms with van der Waals surface area (Å²) in [4.78, 5) is 15.8. The SMILES string of the molecule is O=Cc1cc2n(n1)-c1ccc(Cl)cc1C(c1ccccc1)=NC2. The molecule has 0 aliphatic carbocycles. The molecular formula is C18H12ClN3O. The van der Waals surface area contributed by atoms with Crippen molar-refractivity contribution >= 4 is 23.6 Å². The molecule has 0 amide bonds. The molecule has 4 rings (SSSR count). The Morgan fingerprint density at radius 1 is 1.09 bits per heavy atom. The summed E-state index contributed by atoms with van der Waals surface area (Å²) in [6, 6.07) is 17.4. The van der Waals surface area contributed by atoms with Gasteiger partial charge in [-0.25, -0.2) is 4.68 Å². The number of carbonyl (C=O) groups is 1. The molecule has 0 bridgehead atoms. The maximum Gasteiger partial charge on any atom is 0.170 e. The normalized spacial score (nSPS) is 12.8. The summed E-state index contributed by atoms with van der Waals surface area (Å²) in [5, 5.41) is 5.00. The van der Waals surface area contributed by atoms with Gasteiger partial charge in [-0.05, 0) is 24.3 Å². The minimum absolute atomic E-state index is 0.402. The van der Waals surface area contributed by atoms with Crippen LogP contribution in [-0.2, 0) is 6.54 Å². The number of hydrogen-bond donors (Lipinski definition) is 0. The van der Waals surface area contributed by atoms with Crippen LogP contribution in [0, 0.1) is 0 Å². The lowest BCUT2D eigenvalue weighted by Crippen LogP contribution is -2.08. The van der Waals surface area contributed by atoms with Gasteiger partial charge < -0.3 is 0 Å². The van der Waals surface area contributed by atoms with Crippen molar-refractivity contribution in [2.75, 3.05) is 0 Å². The van der Waals surface area contributed by atoms with Crippen LogP contribution < -0.4 is 0 Å². The highest BCUT2D eigenvalue weighted by atomic mass is 35.5. The number of halogens is 1. The monoisotopic (exact) mass is 321 g/mol. The van der Waals surface area contributed by atoms with E-state index in [1.54, 1.807) is 10.7 Å². The molecule has 1 aliphatic heterocycles. The van der Waals surface area contributed by atoms with Crippen LogP contribution in [-0.4, -0.2) is 21.8 Å². The first kappa shape index (κ1) is 13.9. The molecule has 0 N–H and O–H groups in total. The minimum atomic E-state index is 0.402. The van der Waals surface area contributed by atoms with E-state index in [1.165, 1.54) is 0 Å². The van der Waals surface area contributed by atoms with Crippen molar-refractivity contribution in [3.63, 3.8) is 0 Å². The first-order valence-electron chi connectivity index (χ1n) is 7.20. The van der Waals surface area contributed by atoms with Crippen LogP contribution in [0.2, 0.25) is 5.02 Å². The second-order valence-corrected chi connectivity index (χ2v) is 5.72. The second kappa shape index (κ2) is 5.48. The number of benzene rings is 2. The summed E-state index contributed by atoms with van der Waals surface area (Å²) in [6.45, 7) is 0.456. The standard InChI is InChI=1S/C18H12ClN3O/c19-13-6-7-17-16(8-13)18(12-4-2-1-3-5-12)20-10-15-9-14(11-23)21-22(15)17/h1-9,11H,10H2. The number of aliphatic imine (C=N–C) groups is 1. The van der Waals surface area contributed by atoms with Gasteiger partial charge in [0.05, 0.1) is 23.6 Å². The van der Waals surface area contributed by atoms with Gasteiger partial charge >= 0.3 is 0 Å². The Labute approximate surface area is 138 Å². The first-order chi connectivity index (χ1) is 11.3. The Morgan fingerprint density at radius 3 is 2.70 bits per heavy atom. The molecule has 0 atom stereocenters. The zero-order chi connectivity index (χ0) is 15.8. The molecule has 5 heteroatoms. The molecule has 0 spiro atoms. The summed E-state index contributed by atoms with van der Waals surface area (Å²) >= 11 is 6.20. The van der Waals surface area contributed by atoms with Crippen molar-refractivity contribution in [3.8, 4) is 5.69 Å². The van der Waals surface area contributed by atoms with E-state index < -0.39 is 0 Å². The van der Waals surface area contributed by atoms with Gasteiger partial charge in [-0.15, -0.1) is 0 Å². The van der Waals surface area contributed by atoms with E-state index >= 15 is 0 Å². The molecule has 112 valence electrons. The van der Waals surface area contributed by atoms with Gasteiger partial charge in [-0.2, -0.15) is 5.10 Å². The van der Waals surface area contributed by atoms with Gasteiger partial charge in [0.25, 0.3) is 0 Å². The topological polar surface area (TPSA) is 47.2 Å². The maximum absolute atomic E-state index is 11.0. The fourth-order valence-electron chi connectivity index (χ4n) is 2.79. The third-order valence-electron chi connectivity index (χ3n) is 3.81. The van der Waals surface area contributed by atoms with E-state index in [1.807, 2.05) is 48.5 Å². The largest absolute Gasteiger partial charge is 0.296 e. The highest BCUT2D eigenvalue weighted by molar-refractivity contribution is 6.31. The van der Waals surface area contributed by atoms with Gasteiger partial charge in [0, 0.05) is 16.1 Å². The molecule has 0 fully saturated rings. The molecule has 1 aromatic heterocycles. The van der Waals surface area contributed by atoms with E-state index in [0.29, 0.717) is 17.3 Å². The Hall–Kier alpha value is -2.72. The molecule has 3 aromatic rings. The predicted molar refractivity (Wildman–Crippen MR) is 89.7 cm³/mol. The number of carbonyl (C=O) groups excluding carboxylic acids is 1. The van der Waals surface area contributed by atoms with Crippen LogP contribution in [0.5, 0.6) is 0 Å². The molecule has 23 heavy (non-hydrogen) atoms. The summed E-state index contributed by atoms with van der Waals surface area (Å²) in [7, 11) is 0. The third-order valence-corrected chi connectivity index (χ3v) is 4.05. The zero-order valence-corrected chi connectivity index (χ0v) is 12.9. The third kappa shape index (κ3) is 2.37. The fourth-order valence-corrected chi connectivity index (χ4v) is 2.96. The van der Waals surface area contributed by atoms with Crippen LogP contribution in [0.25, 0.3) is 5.69 Å². The van der Waals surface area contributed by atoms with Gasteiger partial charge in [-0.3, -0.25) is 9.79 Å².